The number of piperidine rings is 1. The van der Waals surface area contributed by atoms with Crippen molar-refractivity contribution in [2.75, 3.05) is 32.1 Å². The Balaban J connectivity index is 2.30. The van der Waals surface area contributed by atoms with Gasteiger partial charge in [0.1, 0.15) is 17.6 Å². The minimum Gasteiger partial charge on any atom is -0.477 e. The molecule has 1 atom stereocenters. The number of likely N-dealkylation sites (N-methyl/N-ethyl adjacent to an activating group) is 1. The van der Waals surface area contributed by atoms with Crippen molar-refractivity contribution in [3.05, 3.63) is 27.9 Å². The molecule has 21 heavy (non-hydrogen) atoms. The van der Waals surface area contributed by atoms with E-state index in [9.17, 15) is 14.9 Å². The summed E-state index contributed by atoms with van der Waals surface area (Å²) in [6.45, 7) is 1.51. The minimum absolute atomic E-state index is 0.322. The van der Waals surface area contributed by atoms with E-state index in [0.717, 1.165) is 32.1 Å². The monoisotopic (exact) mass is 294 g/mol. The van der Waals surface area contributed by atoms with Gasteiger partial charge in [-0.05, 0) is 26.9 Å². The van der Waals surface area contributed by atoms with Gasteiger partial charge in [-0.2, -0.15) is 0 Å². The second-order valence-corrected chi connectivity index (χ2v) is 5.33. The average Bonchev–Trinajstić information content (AvgIpc) is 2.46. The van der Waals surface area contributed by atoms with E-state index in [1.807, 2.05) is 19.0 Å². The van der Waals surface area contributed by atoms with Gasteiger partial charge in [-0.15, -0.1) is 0 Å². The number of aromatic nitrogens is 1. The molecule has 0 amide bonds. The van der Waals surface area contributed by atoms with Crippen molar-refractivity contribution in [2.45, 2.75) is 18.9 Å². The first-order valence-electron chi connectivity index (χ1n) is 6.69. The Bertz CT molecular complexity index is 561. The van der Waals surface area contributed by atoms with Crippen molar-refractivity contribution in [2.24, 2.45) is 0 Å². The molecule has 1 aromatic rings. The molecule has 0 bridgehead atoms. The summed E-state index contributed by atoms with van der Waals surface area (Å²) in [5.74, 6) is -0.837. The predicted molar refractivity (Wildman–Crippen MR) is 76.8 cm³/mol. The van der Waals surface area contributed by atoms with E-state index < -0.39 is 16.6 Å². The predicted octanol–water partition coefficient (Wildman–Crippen LogP) is 1.22. The third kappa shape index (κ3) is 3.27. The first-order chi connectivity index (χ1) is 9.90. The molecule has 1 saturated heterocycles. The quantitative estimate of drug-likeness (QED) is 0.658. The van der Waals surface area contributed by atoms with Crippen LogP contribution in [0.4, 0.5) is 11.5 Å². The molecule has 2 rings (SSSR count). The van der Waals surface area contributed by atoms with E-state index in [-0.39, 0.29) is 5.56 Å². The van der Waals surface area contributed by atoms with Crippen molar-refractivity contribution in [3.8, 4) is 0 Å². The van der Waals surface area contributed by atoms with Crippen molar-refractivity contribution >= 4 is 17.5 Å². The zero-order chi connectivity index (χ0) is 15.6. The summed E-state index contributed by atoms with van der Waals surface area (Å²) in [5.41, 5.74) is -0.801. The van der Waals surface area contributed by atoms with E-state index in [1.54, 1.807) is 0 Å². The Kier molecular flexibility index (Phi) is 4.37. The van der Waals surface area contributed by atoms with Crippen LogP contribution in [0.2, 0.25) is 0 Å². The number of hydrogen-bond acceptors (Lipinski definition) is 6. The van der Waals surface area contributed by atoms with Crippen molar-refractivity contribution in [3.63, 3.8) is 0 Å². The number of pyridine rings is 1. The Hall–Kier alpha value is -2.22. The van der Waals surface area contributed by atoms with E-state index in [1.165, 1.54) is 6.07 Å². The van der Waals surface area contributed by atoms with Gasteiger partial charge >= 0.3 is 11.7 Å². The van der Waals surface area contributed by atoms with Crippen LogP contribution in [0, 0.1) is 10.1 Å². The third-order valence-corrected chi connectivity index (χ3v) is 3.75. The van der Waals surface area contributed by atoms with Gasteiger partial charge in [-0.3, -0.25) is 10.1 Å². The molecule has 114 valence electrons. The topological polar surface area (TPSA) is 99.8 Å². The fourth-order valence-corrected chi connectivity index (χ4v) is 2.51. The van der Waals surface area contributed by atoms with Gasteiger partial charge in [0, 0.05) is 25.2 Å². The summed E-state index contributed by atoms with van der Waals surface area (Å²) in [6, 6.07) is 1.66. The number of carbonyl (C=O) groups is 1. The minimum atomic E-state index is -1.31. The summed E-state index contributed by atoms with van der Waals surface area (Å²) in [5, 5.41) is 20.0. The largest absolute Gasteiger partial charge is 0.477 e. The molecule has 1 fully saturated rings. The molecule has 0 aromatic carbocycles. The summed E-state index contributed by atoms with van der Waals surface area (Å²) in [6.07, 6.45) is 3.07. The third-order valence-electron chi connectivity index (χ3n) is 3.75. The van der Waals surface area contributed by atoms with Crippen LogP contribution in [0.3, 0.4) is 0 Å². The number of hydrogen-bond donors (Lipinski definition) is 1. The van der Waals surface area contributed by atoms with E-state index in [0.29, 0.717) is 11.9 Å². The molecular formula is C13H18N4O4. The number of nitrogens with zero attached hydrogens (tertiary/aromatic N) is 4. The molecule has 8 heteroatoms. The molecule has 8 nitrogen and oxygen atoms in total. The van der Waals surface area contributed by atoms with Crippen LogP contribution in [-0.4, -0.2) is 59.1 Å². The highest BCUT2D eigenvalue weighted by Gasteiger charge is 2.26. The fraction of sp³-hybridized carbons (Fsp3) is 0.538. The second-order valence-electron chi connectivity index (χ2n) is 5.33. The molecular weight excluding hydrogens is 276 g/mol. The molecule has 1 unspecified atom stereocenters. The van der Waals surface area contributed by atoms with Gasteiger partial charge in [0.2, 0.25) is 0 Å². The summed E-state index contributed by atoms with van der Waals surface area (Å²) in [7, 11) is 4.00. The van der Waals surface area contributed by atoms with Gasteiger partial charge in [-0.1, -0.05) is 0 Å². The lowest BCUT2D eigenvalue weighted by molar-refractivity contribution is -0.385. The van der Waals surface area contributed by atoms with Gasteiger partial charge in [-0.25, -0.2) is 9.78 Å². The Labute approximate surface area is 122 Å². The highest BCUT2D eigenvalue weighted by Crippen LogP contribution is 2.25. The zero-order valence-corrected chi connectivity index (χ0v) is 12.0. The van der Waals surface area contributed by atoms with Gasteiger partial charge in [0.15, 0.2) is 0 Å². The normalized spacial score (nSPS) is 18.8. The molecule has 0 spiro atoms. The van der Waals surface area contributed by atoms with Gasteiger partial charge in [0.05, 0.1) is 4.92 Å². The van der Waals surface area contributed by atoms with Crippen LogP contribution < -0.4 is 4.90 Å². The van der Waals surface area contributed by atoms with Crippen molar-refractivity contribution < 1.29 is 14.8 Å². The fourth-order valence-electron chi connectivity index (χ4n) is 2.51. The number of carboxylic acid groups (broad SMARTS) is 1. The molecule has 0 radical (unpaired) electrons. The first-order valence-corrected chi connectivity index (χ1v) is 6.69. The molecule has 1 aliphatic rings. The highest BCUT2D eigenvalue weighted by molar-refractivity contribution is 5.93. The summed E-state index contributed by atoms with van der Waals surface area (Å²) in [4.78, 5) is 29.4. The van der Waals surface area contributed by atoms with Crippen LogP contribution in [-0.2, 0) is 0 Å². The number of aromatic carboxylic acids is 1. The standard InChI is InChI=1S/C13H18N4O4/c1-15(2)9-4-3-5-16(8-9)12-6-10(13(18)19)11(7-14-12)17(20)21/h6-7,9H,3-5,8H2,1-2H3,(H,18,19). The number of rotatable bonds is 4. The maximum absolute atomic E-state index is 11.2. The van der Waals surface area contributed by atoms with Gasteiger partial charge < -0.3 is 14.9 Å². The van der Waals surface area contributed by atoms with Crippen molar-refractivity contribution in [1.82, 2.24) is 9.88 Å². The SMILES string of the molecule is CN(C)C1CCCN(c2cc(C(=O)O)c([N+](=O)[O-])cn2)C1. The molecule has 1 aliphatic heterocycles. The summed E-state index contributed by atoms with van der Waals surface area (Å²) < 4.78 is 0. The lowest BCUT2D eigenvalue weighted by Gasteiger charge is -2.36. The molecule has 2 heterocycles. The molecule has 0 saturated carbocycles. The van der Waals surface area contributed by atoms with Crippen LogP contribution >= 0.6 is 0 Å². The van der Waals surface area contributed by atoms with Gasteiger partial charge in [0.25, 0.3) is 0 Å². The highest BCUT2D eigenvalue weighted by atomic mass is 16.6. The Morgan fingerprint density at radius 3 is 2.86 bits per heavy atom. The van der Waals surface area contributed by atoms with Crippen LogP contribution in [0.5, 0.6) is 0 Å². The smallest absolute Gasteiger partial charge is 0.342 e. The van der Waals surface area contributed by atoms with Crippen LogP contribution in [0.25, 0.3) is 0 Å². The lowest BCUT2D eigenvalue weighted by atomic mass is 10.0. The van der Waals surface area contributed by atoms with E-state index in [2.05, 4.69) is 9.88 Å². The molecule has 1 aromatic heterocycles. The number of nitro groups is 1. The lowest BCUT2D eigenvalue weighted by Crippen LogP contribution is -2.45. The Morgan fingerprint density at radius 2 is 2.29 bits per heavy atom. The molecule has 1 N–H and O–H groups in total. The second kappa shape index (κ2) is 6.04. The maximum Gasteiger partial charge on any atom is 0.342 e. The zero-order valence-electron chi connectivity index (χ0n) is 12.0. The first kappa shape index (κ1) is 15.2. The van der Waals surface area contributed by atoms with Crippen LogP contribution in [0.15, 0.2) is 12.3 Å². The van der Waals surface area contributed by atoms with Crippen LogP contribution in [0.1, 0.15) is 23.2 Å². The van der Waals surface area contributed by atoms with E-state index >= 15 is 0 Å². The van der Waals surface area contributed by atoms with E-state index in [4.69, 9.17) is 5.11 Å². The number of anilines is 1. The summed E-state index contributed by atoms with van der Waals surface area (Å²) >= 11 is 0. The molecule has 0 aliphatic carbocycles. The number of carboxylic acids is 1. The Morgan fingerprint density at radius 1 is 1.57 bits per heavy atom. The average molecular weight is 294 g/mol. The maximum atomic E-state index is 11.2. The van der Waals surface area contributed by atoms with Crippen molar-refractivity contribution in [1.29, 1.82) is 0 Å².